The molecule has 0 radical (unpaired) electrons. The average molecular weight is 271 g/mol. The van der Waals surface area contributed by atoms with Gasteiger partial charge in [-0.15, -0.1) is 0 Å². The first-order valence-corrected chi connectivity index (χ1v) is 6.80. The highest BCUT2D eigenvalue weighted by Crippen LogP contribution is 2.20. The van der Waals surface area contributed by atoms with Crippen LogP contribution in [0.4, 0.5) is 0 Å². The minimum absolute atomic E-state index is 0.0423. The van der Waals surface area contributed by atoms with E-state index < -0.39 is 0 Å². The van der Waals surface area contributed by atoms with Gasteiger partial charge in [0.15, 0.2) is 6.61 Å². The largest absolute Gasteiger partial charge is 0.456 e. The summed E-state index contributed by atoms with van der Waals surface area (Å²) in [6.07, 6.45) is 1.12. The molecule has 0 unspecified atom stereocenters. The van der Waals surface area contributed by atoms with E-state index in [1.807, 2.05) is 0 Å². The number of hydrogen-bond acceptors (Lipinski definition) is 3. The Hall–Kier alpha value is -1.06. The van der Waals surface area contributed by atoms with E-state index in [0.29, 0.717) is 13.0 Å². The summed E-state index contributed by atoms with van der Waals surface area (Å²) in [5.74, 6) is -0.452. The quantitative estimate of drug-likeness (QED) is 0.722. The lowest BCUT2D eigenvalue weighted by Gasteiger charge is -2.26. The van der Waals surface area contributed by atoms with Gasteiger partial charge in [-0.2, -0.15) is 0 Å². The van der Waals surface area contributed by atoms with Crippen LogP contribution in [0.25, 0.3) is 0 Å². The zero-order chi connectivity index (χ0) is 15.3. The van der Waals surface area contributed by atoms with Crippen LogP contribution in [0.1, 0.15) is 54.4 Å². The van der Waals surface area contributed by atoms with Crippen molar-refractivity contribution in [3.63, 3.8) is 0 Å². The first-order valence-electron chi connectivity index (χ1n) is 6.80. The number of ether oxygens (including phenoxy) is 1. The monoisotopic (exact) mass is 271 g/mol. The Morgan fingerprint density at radius 2 is 1.53 bits per heavy atom. The Labute approximate surface area is 117 Å². The lowest BCUT2D eigenvalue weighted by atomic mass is 9.91. The van der Waals surface area contributed by atoms with Crippen LogP contribution in [0.15, 0.2) is 0 Å². The fourth-order valence-corrected chi connectivity index (χ4v) is 1.60. The van der Waals surface area contributed by atoms with Crippen LogP contribution in [0.2, 0.25) is 0 Å². The van der Waals surface area contributed by atoms with E-state index in [9.17, 15) is 9.59 Å². The number of likely N-dealkylation sites (N-methyl/N-ethyl adjacent to an activating group) is 1. The second-order valence-corrected chi connectivity index (χ2v) is 7.53. The molecule has 0 heterocycles. The molecule has 112 valence electrons. The Morgan fingerprint density at radius 3 is 1.95 bits per heavy atom. The molecule has 0 rings (SSSR count). The van der Waals surface area contributed by atoms with Gasteiger partial charge in [0, 0.05) is 20.0 Å². The maximum Gasteiger partial charge on any atom is 0.306 e. The number of esters is 1. The molecule has 4 heteroatoms. The zero-order valence-corrected chi connectivity index (χ0v) is 13.5. The van der Waals surface area contributed by atoms with Gasteiger partial charge in [-0.1, -0.05) is 41.5 Å². The van der Waals surface area contributed by atoms with Crippen LogP contribution < -0.4 is 0 Å². The third-order valence-corrected chi connectivity index (χ3v) is 2.57. The molecular weight excluding hydrogens is 242 g/mol. The molecule has 0 aliphatic rings. The van der Waals surface area contributed by atoms with Gasteiger partial charge in [0.05, 0.1) is 0 Å². The maximum atomic E-state index is 11.8. The van der Waals surface area contributed by atoms with Crippen LogP contribution >= 0.6 is 0 Å². The molecule has 19 heavy (non-hydrogen) atoms. The summed E-state index contributed by atoms with van der Waals surface area (Å²) in [5.41, 5.74) is 0.146. The number of hydrogen-bond donors (Lipinski definition) is 0. The van der Waals surface area contributed by atoms with Crippen molar-refractivity contribution >= 4 is 11.9 Å². The zero-order valence-electron chi connectivity index (χ0n) is 13.5. The summed E-state index contributed by atoms with van der Waals surface area (Å²) in [5, 5.41) is 0. The van der Waals surface area contributed by atoms with E-state index in [1.54, 1.807) is 11.9 Å². The lowest BCUT2D eigenvalue weighted by Crippen LogP contribution is -2.37. The number of carbonyl (C=O) groups excluding carboxylic acids is 2. The van der Waals surface area contributed by atoms with Crippen molar-refractivity contribution in [2.75, 3.05) is 20.2 Å². The molecule has 0 aromatic rings. The van der Waals surface area contributed by atoms with E-state index in [-0.39, 0.29) is 29.3 Å². The van der Waals surface area contributed by atoms with Crippen molar-refractivity contribution in [2.45, 2.75) is 54.4 Å². The first-order chi connectivity index (χ1) is 8.41. The van der Waals surface area contributed by atoms with Crippen molar-refractivity contribution in [3.05, 3.63) is 0 Å². The molecule has 4 nitrogen and oxygen atoms in total. The summed E-state index contributed by atoms with van der Waals surface area (Å²) in [6, 6.07) is 0. The maximum absolute atomic E-state index is 11.8. The highest BCUT2D eigenvalue weighted by Gasteiger charge is 2.19. The molecule has 0 N–H and O–H groups in total. The Morgan fingerprint density at radius 1 is 1.00 bits per heavy atom. The van der Waals surface area contributed by atoms with Crippen molar-refractivity contribution in [1.82, 2.24) is 4.90 Å². The predicted octanol–water partition coefficient (Wildman–Crippen LogP) is 2.86. The molecule has 0 aliphatic carbocycles. The Kier molecular flexibility index (Phi) is 6.53. The topological polar surface area (TPSA) is 46.6 Å². The predicted molar refractivity (Wildman–Crippen MR) is 76.7 cm³/mol. The molecule has 0 spiro atoms. The molecule has 0 fully saturated rings. The average Bonchev–Trinajstić information content (AvgIpc) is 2.19. The van der Waals surface area contributed by atoms with Crippen molar-refractivity contribution in [1.29, 1.82) is 0 Å². The fraction of sp³-hybridized carbons (Fsp3) is 0.867. The summed E-state index contributed by atoms with van der Waals surface area (Å²) in [7, 11) is 1.73. The highest BCUT2D eigenvalue weighted by atomic mass is 16.5. The molecule has 0 aromatic carbocycles. The number of carbonyl (C=O) groups is 2. The molecular formula is C15H29NO3. The normalized spacial score (nSPS) is 12.2. The number of amides is 1. The van der Waals surface area contributed by atoms with Crippen molar-refractivity contribution < 1.29 is 14.3 Å². The molecule has 0 aromatic heterocycles. The van der Waals surface area contributed by atoms with E-state index in [0.717, 1.165) is 6.42 Å². The van der Waals surface area contributed by atoms with Gasteiger partial charge < -0.3 is 9.64 Å². The second-order valence-electron chi connectivity index (χ2n) is 7.53. The van der Waals surface area contributed by atoms with Crippen LogP contribution in [-0.2, 0) is 14.3 Å². The number of rotatable bonds is 5. The van der Waals surface area contributed by atoms with Gasteiger partial charge in [0.25, 0.3) is 5.91 Å². The second kappa shape index (κ2) is 6.92. The van der Waals surface area contributed by atoms with Gasteiger partial charge in [-0.3, -0.25) is 9.59 Å². The summed E-state index contributed by atoms with van der Waals surface area (Å²) >= 11 is 0. The smallest absolute Gasteiger partial charge is 0.306 e. The van der Waals surface area contributed by atoms with E-state index >= 15 is 0 Å². The lowest BCUT2D eigenvalue weighted by molar-refractivity contribution is -0.152. The van der Waals surface area contributed by atoms with Crippen LogP contribution in [-0.4, -0.2) is 37.0 Å². The van der Waals surface area contributed by atoms with Gasteiger partial charge in [-0.25, -0.2) is 0 Å². The van der Waals surface area contributed by atoms with Crippen molar-refractivity contribution in [3.8, 4) is 0 Å². The van der Waals surface area contributed by atoms with Gasteiger partial charge in [0.2, 0.25) is 0 Å². The highest BCUT2D eigenvalue weighted by molar-refractivity contribution is 5.80. The van der Waals surface area contributed by atoms with Gasteiger partial charge in [0.1, 0.15) is 0 Å². The minimum atomic E-state index is -0.299. The summed E-state index contributed by atoms with van der Waals surface area (Å²) < 4.78 is 5.00. The Balaban J connectivity index is 3.99. The molecule has 0 aliphatic heterocycles. The van der Waals surface area contributed by atoms with Crippen molar-refractivity contribution in [2.24, 2.45) is 10.8 Å². The molecule has 0 saturated heterocycles. The molecule has 1 amide bonds. The Bertz CT molecular complexity index is 310. The van der Waals surface area contributed by atoms with Crippen LogP contribution in [0.3, 0.4) is 0 Å². The first kappa shape index (κ1) is 17.9. The summed E-state index contributed by atoms with van der Waals surface area (Å²) in [4.78, 5) is 24.9. The van der Waals surface area contributed by atoms with E-state index in [4.69, 9.17) is 4.74 Å². The minimum Gasteiger partial charge on any atom is -0.456 e. The van der Waals surface area contributed by atoms with Gasteiger partial charge in [-0.05, 0) is 17.3 Å². The third kappa shape index (κ3) is 10.5. The van der Waals surface area contributed by atoms with Crippen LogP contribution in [0.5, 0.6) is 0 Å². The van der Waals surface area contributed by atoms with Gasteiger partial charge >= 0.3 is 5.97 Å². The summed E-state index contributed by atoms with van der Waals surface area (Å²) in [6.45, 7) is 12.9. The SMILES string of the molecule is CN(CC(C)(C)C)C(=O)COC(=O)CCC(C)(C)C. The van der Waals surface area contributed by atoms with E-state index in [1.165, 1.54) is 0 Å². The van der Waals surface area contributed by atoms with Crippen LogP contribution in [0, 0.1) is 10.8 Å². The fourth-order valence-electron chi connectivity index (χ4n) is 1.60. The third-order valence-electron chi connectivity index (χ3n) is 2.57. The molecule has 0 saturated carbocycles. The standard InChI is InChI=1S/C15H29NO3/c1-14(2,3)9-8-13(18)19-10-12(17)16(7)11-15(4,5)6/h8-11H2,1-7H3. The number of nitrogens with zero attached hydrogens (tertiary/aromatic N) is 1. The van der Waals surface area contributed by atoms with E-state index in [2.05, 4.69) is 41.5 Å². The molecule has 0 atom stereocenters. The molecule has 0 bridgehead atoms.